The number of nitrogens with zero attached hydrogens (tertiary/aromatic N) is 2. The maximum Gasteiger partial charge on any atom is 0.245 e. The van der Waals surface area contributed by atoms with E-state index in [0.29, 0.717) is 42.9 Å². The highest BCUT2D eigenvalue weighted by Crippen LogP contribution is 2.33. The lowest BCUT2D eigenvalue weighted by Gasteiger charge is -2.44. The summed E-state index contributed by atoms with van der Waals surface area (Å²) in [5.41, 5.74) is 3.40. The number of nitrogens with one attached hydrogen (secondary N) is 2. The topological polar surface area (TPSA) is 64.7 Å². The molecule has 1 aliphatic carbocycles. The Hall–Kier alpha value is -2.41. The lowest BCUT2D eigenvalue weighted by Crippen LogP contribution is -2.58. The van der Waals surface area contributed by atoms with Crippen molar-refractivity contribution in [1.29, 1.82) is 0 Å². The van der Waals surface area contributed by atoms with Gasteiger partial charge in [0.05, 0.1) is 0 Å². The second kappa shape index (κ2) is 14.2. The van der Waals surface area contributed by atoms with Crippen LogP contribution in [0.5, 0.6) is 0 Å². The average Bonchev–Trinajstić information content (AvgIpc) is 3.39. The molecule has 3 atom stereocenters. The van der Waals surface area contributed by atoms with E-state index in [1.807, 2.05) is 41.3 Å². The van der Waals surface area contributed by atoms with Crippen LogP contribution < -0.4 is 10.6 Å². The van der Waals surface area contributed by atoms with Crippen LogP contribution in [0, 0.1) is 11.8 Å². The second-order valence-electron chi connectivity index (χ2n) is 12.7. The van der Waals surface area contributed by atoms with E-state index in [4.69, 9.17) is 11.6 Å². The van der Waals surface area contributed by atoms with Crippen LogP contribution in [0.3, 0.4) is 0 Å². The van der Waals surface area contributed by atoms with E-state index in [9.17, 15) is 9.59 Å². The quantitative estimate of drug-likeness (QED) is 0.377. The van der Waals surface area contributed by atoms with Gasteiger partial charge in [0.2, 0.25) is 11.8 Å². The van der Waals surface area contributed by atoms with E-state index in [1.165, 1.54) is 49.7 Å². The molecule has 222 valence electrons. The normalized spacial score (nSPS) is 21.5. The molecule has 2 aliphatic heterocycles. The summed E-state index contributed by atoms with van der Waals surface area (Å²) in [7, 11) is 0. The Morgan fingerprint density at radius 2 is 1.68 bits per heavy atom. The van der Waals surface area contributed by atoms with Gasteiger partial charge >= 0.3 is 0 Å². The van der Waals surface area contributed by atoms with Crippen molar-refractivity contribution in [3.63, 3.8) is 0 Å². The number of carbonyl (C=O) groups is 2. The predicted octanol–water partition coefficient (Wildman–Crippen LogP) is 5.74. The highest BCUT2D eigenvalue weighted by Gasteiger charge is 2.35. The highest BCUT2D eigenvalue weighted by molar-refractivity contribution is 6.30. The molecule has 3 aliphatic rings. The first-order chi connectivity index (χ1) is 19.9. The Balaban J connectivity index is 1.24. The van der Waals surface area contributed by atoms with Gasteiger partial charge in [0, 0.05) is 62.7 Å². The Kier molecular flexibility index (Phi) is 10.4. The fourth-order valence-electron chi connectivity index (χ4n) is 7.19. The summed E-state index contributed by atoms with van der Waals surface area (Å²) in [4.78, 5) is 31.9. The molecule has 1 saturated heterocycles. The molecule has 2 aromatic carbocycles. The number of halogens is 1. The van der Waals surface area contributed by atoms with Crippen molar-refractivity contribution in [2.75, 3.05) is 26.2 Å². The summed E-state index contributed by atoms with van der Waals surface area (Å²) in [6, 6.07) is 15.8. The van der Waals surface area contributed by atoms with Gasteiger partial charge in [0.25, 0.3) is 0 Å². The highest BCUT2D eigenvalue weighted by atomic mass is 35.5. The Bertz CT molecular complexity index is 1160. The number of hydrogen-bond donors (Lipinski definition) is 2. The fourth-order valence-corrected chi connectivity index (χ4v) is 7.32. The van der Waals surface area contributed by atoms with Gasteiger partial charge in [0.1, 0.15) is 6.04 Å². The molecule has 5 rings (SSSR count). The SMILES string of the molecule is CC(C)CC(C1CCCCC1)N1CCN(C(=O)C(Cc2ccc(Cl)cc2)NC(=O)CC2NCc3ccccc32)CC1. The van der Waals surface area contributed by atoms with Crippen LogP contribution in [0.25, 0.3) is 0 Å². The molecule has 0 spiro atoms. The average molecular weight is 579 g/mol. The summed E-state index contributed by atoms with van der Waals surface area (Å²) in [5, 5.41) is 7.25. The van der Waals surface area contributed by atoms with Crippen LogP contribution in [0.2, 0.25) is 5.02 Å². The molecule has 0 radical (unpaired) electrons. The van der Waals surface area contributed by atoms with Crippen molar-refractivity contribution in [2.45, 2.75) is 89.9 Å². The molecule has 0 bridgehead atoms. The zero-order valence-corrected chi connectivity index (χ0v) is 25.5. The number of piperazine rings is 1. The van der Waals surface area contributed by atoms with Gasteiger partial charge in [0.15, 0.2) is 0 Å². The van der Waals surface area contributed by atoms with Crippen LogP contribution in [-0.4, -0.2) is 59.9 Å². The van der Waals surface area contributed by atoms with Crippen molar-refractivity contribution in [3.05, 3.63) is 70.2 Å². The summed E-state index contributed by atoms with van der Waals surface area (Å²) in [5.74, 6) is 1.37. The molecule has 3 unspecified atom stereocenters. The lowest BCUT2D eigenvalue weighted by molar-refractivity contribution is -0.138. The van der Waals surface area contributed by atoms with E-state index in [-0.39, 0.29) is 17.9 Å². The maximum absolute atomic E-state index is 13.9. The molecular formula is C34H47ClN4O2. The van der Waals surface area contributed by atoms with Crippen LogP contribution in [0.15, 0.2) is 48.5 Å². The zero-order chi connectivity index (χ0) is 28.8. The van der Waals surface area contributed by atoms with Crippen molar-refractivity contribution in [2.24, 2.45) is 11.8 Å². The molecule has 2 N–H and O–H groups in total. The summed E-state index contributed by atoms with van der Waals surface area (Å²) in [6.07, 6.45) is 8.75. The van der Waals surface area contributed by atoms with E-state index >= 15 is 0 Å². The molecule has 2 aromatic rings. The number of fused-ring (bicyclic) bond motifs is 1. The van der Waals surface area contributed by atoms with Crippen LogP contribution in [0.1, 0.15) is 81.5 Å². The third-order valence-electron chi connectivity index (χ3n) is 9.35. The van der Waals surface area contributed by atoms with Gasteiger partial charge in [-0.1, -0.05) is 81.1 Å². The Morgan fingerprint density at radius 1 is 0.976 bits per heavy atom. The number of benzene rings is 2. The second-order valence-corrected chi connectivity index (χ2v) is 13.2. The molecule has 1 saturated carbocycles. The third kappa shape index (κ3) is 7.91. The standard InChI is InChI=1S/C34H47ClN4O2/c1-24(2)20-32(26-8-4-3-5-9-26)38-16-18-39(19-17-38)34(41)31(21-25-12-14-28(35)15-13-25)37-33(40)22-30-29-11-7-6-10-27(29)23-36-30/h6-7,10-15,24,26,30-32,36H,3-5,8-9,16-23H2,1-2H3,(H,37,40). The number of rotatable bonds is 10. The first-order valence-corrected chi connectivity index (χ1v) is 16.1. The first kappa shape index (κ1) is 30.1. The monoisotopic (exact) mass is 578 g/mol. The third-order valence-corrected chi connectivity index (χ3v) is 9.60. The molecule has 2 amide bonds. The van der Waals surface area contributed by atoms with Crippen LogP contribution in [-0.2, 0) is 22.6 Å². The van der Waals surface area contributed by atoms with Gasteiger partial charge in [-0.15, -0.1) is 0 Å². The first-order valence-electron chi connectivity index (χ1n) is 15.7. The van der Waals surface area contributed by atoms with Gasteiger partial charge in [-0.05, 0) is 59.9 Å². The van der Waals surface area contributed by atoms with Crippen molar-refractivity contribution in [3.8, 4) is 0 Å². The van der Waals surface area contributed by atoms with E-state index < -0.39 is 6.04 Å². The van der Waals surface area contributed by atoms with Crippen LogP contribution >= 0.6 is 11.6 Å². The summed E-state index contributed by atoms with van der Waals surface area (Å²) < 4.78 is 0. The predicted molar refractivity (Wildman–Crippen MR) is 166 cm³/mol. The largest absolute Gasteiger partial charge is 0.344 e. The maximum atomic E-state index is 13.9. The molecule has 2 heterocycles. The minimum atomic E-state index is -0.600. The van der Waals surface area contributed by atoms with E-state index in [1.54, 1.807) is 0 Å². The fraction of sp³-hybridized carbons (Fsp3) is 0.588. The molecule has 6 nitrogen and oxygen atoms in total. The number of amides is 2. The molecule has 2 fully saturated rings. The van der Waals surface area contributed by atoms with E-state index in [2.05, 4.69) is 41.5 Å². The Labute approximate surface area is 251 Å². The van der Waals surface area contributed by atoms with Gasteiger partial charge < -0.3 is 15.5 Å². The minimum Gasteiger partial charge on any atom is -0.344 e. The molecule has 0 aromatic heterocycles. The summed E-state index contributed by atoms with van der Waals surface area (Å²) >= 11 is 6.12. The van der Waals surface area contributed by atoms with Crippen molar-refractivity contribution >= 4 is 23.4 Å². The van der Waals surface area contributed by atoms with E-state index in [0.717, 1.165) is 31.1 Å². The van der Waals surface area contributed by atoms with Gasteiger partial charge in [-0.3, -0.25) is 14.5 Å². The number of carbonyl (C=O) groups excluding carboxylic acids is 2. The van der Waals surface area contributed by atoms with Crippen molar-refractivity contribution < 1.29 is 9.59 Å². The van der Waals surface area contributed by atoms with Gasteiger partial charge in [-0.2, -0.15) is 0 Å². The van der Waals surface area contributed by atoms with Crippen molar-refractivity contribution in [1.82, 2.24) is 20.4 Å². The minimum absolute atomic E-state index is 0.0193. The molecular weight excluding hydrogens is 532 g/mol. The van der Waals surface area contributed by atoms with Crippen LogP contribution in [0.4, 0.5) is 0 Å². The number of hydrogen-bond acceptors (Lipinski definition) is 4. The molecule has 41 heavy (non-hydrogen) atoms. The summed E-state index contributed by atoms with van der Waals surface area (Å²) in [6.45, 7) is 8.67. The Morgan fingerprint density at radius 3 is 2.39 bits per heavy atom. The molecule has 7 heteroatoms. The lowest BCUT2D eigenvalue weighted by atomic mass is 9.80. The smallest absolute Gasteiger partial charge is 0.245 e. The van der Waals surface area contributed by atoms with Gasteiger partial charge in [-0.25, -0.2) is 0 Å². The zero-order valence-electron chi connectivity index (χ0n) is 24.8.